The maximum Gasteiger partial charge on any atom is 0.410 e. The van der Waals surface area contributed by atoms with Gasteiger partial charge in [-0.15, -0.1) is 0 Å². The van der Waals surface area contributed by atoms with Crippen LogP contribution in [0.4, 0.5) is 4.79 Å². The average Bonchev–Trinajstić information content (AvgIpc) is 2.86. The predicted molar refractivity (Wildman–Crippen MR) is 95.4 cm³/mol. The zero-order valence-corrected chi connectivity index (χ0v) is 15.5. The fourth-order valence-electron chi connectivity index (χ4n) is 2.63. The molecule has 23 heavy (non-hydrogen) atoms. The molecule has 2 rings (SSSR count). The molecule has 0 unspecified atom stereocenters. The third-order valence-corrected chi connectivity index (χ3v) is 3.55. The van der Waals surface area contributed by atoms with Gasteiger partial charge in [-0.25, -0.2) is 9.78 Å². The van der Waals surface area contributed by atoms with E-state index < -0.39 is 5.60 Å². The second kappa shape index (κ2) is 8.43. The molecule has 6 heteroatoms. The van der Waals surface area contributed by atoms with E-state index in [-0.39, 0.29) is 19.6 Å². The Kier molecular flexibility index (Phi) is 7.19. The first-order valence-electron chi connectivity index (χ1n) is 7.93. The lowest BCUT2D eigenvalue weighted by molar-refractivity contribution is 0.0288. The Bertz CT molecular complexity index is 517. The largest absolute Gasteiger partial charge is 0.478 e. The van der Waals surface area contributed by atoms with Crippen LogP contribution < -0.4 is 4.74 Å². The molecule has 0 N–H and O–H groups in total. The molecule has 1 amide bonds. The maximum atomic E-state index is 12.1. The van der Waals surface area contributed by atoms with E-state index >= 15 is 0 Å². The number of hydrogen-bond donors (Lipinski definition) is 0. The van der Waals surface area contributed by atoms with Crippen molar-refractivity contribution in [1.82, 2.24) is 9.88 Å². The SMILES string of the molecule is CCOc1cc(C[C@H]2CCN(C(=O)OC(C)(C)C)C2)ccn1.S. The second-order valence-electron chi connectivity index (χ2n) is 6.72. The summed E-state index contributed by atoms with van der Waals surface area (Å²) in [7, 11) is 0. The van der Waals surface area contributed by atoms with Crippen LogP contribution in [0.15, 0.2) is 18.3 Å². The standard InChI is InChI=1S/C17H26N2O3.H2S/c1-5-21-15-11-13(6-8-18-15)10-14-7-9-19(12-14)16(20)22-17(2,3)4;/h6,8,11,14H,5,7,9-10,12H2,1-4H3;1H2/t14-;/m1./s1. The van der Waals surface area contributed by atoms with E-state index in [9.17, 15) is 4.79 Å². The van der Waals surface area contributed by atoms with Gasteiger partial charge in [0.15, 0.2) is 0 Å². The Hall–Kier alpha value is -1.43. The number of pyridine rings is 1. The molecular formula is C17H28N2O3S. The van der Waals surface area contributed by atoms with Gasteiger partial charge < -0.3 is 14.4 Å². The van der Waals surface area contributed by atoms with Crippen LogP contribution in [-0.2, 0) is 11.2 Å². The molecule has 1 aromatic rings. The quantitative estimate of drug-likeness (QED) is 0.843. The van der Waals surface area contributed by atoms with Gasteiger partial charge in [-0.1, -0.05) is 0 Å². The Morgan fingerprint density at radius 1 is 1.43 bits per heavy atom. The monoisotopic (exact) mass is 340 g/mol. The van der Waals surface area contributed by atoms with E-state index in [1.165, 1.54) is 5.56 Å². The van der Waals surface area contributed by atoms with Gasteiger partial charge in [-0.2, -0.15) is 13.5 Å². The average molecular weight is 340 g/mol. The van der Waals surface area contributed by atoms with Crippen molar-refractivity contribution in [2.75, 3.05) is 19.7 Å². The number of carbonyl (C=O) groups excluding carboxylic acids is 1. The number of ether oxygens (including phenoxy) is 2. The highest BCUT2D eigenvalue weighted by molar-refractivity contribution is 7.59. The van der Waals surface area contributed by atoms with Crippen LogP contribution in [0.2, 0.25) is 0 Å². The zero-order chi connectivity index (χ0) is 16.2. The van der Waals surface area contributed by atoms with Crippen molar-refractivity contribution >= 4 is 19.6 Å². The lowest BCUT2D eigenvalue weighted by Crippen LogP contribution is -2.35. The number of rotatable bonds is 4. The number of aromatic nitrogens is 1. The Morgan fingerprint density at radius 3 is 2.83 bits per heavy atom. The summed E-state index contributed by atoms with van der Waals surface area (Å²) in [6, 6.07) is 4.00. The number of nitrogens with zero attached hydrogens (tertiary/aromatic N) is 2. The van der Waals surface area contributed by atoms with E-state index in [2.05, 4.69) is 4.98 Å². The van der Waals surface area contributed by atoms with Gasteiger partial charge in [0, 0.05) is 25.4 Å². The summed E-state index contributed by atoms with van der Waals surface area (Å²) in [5, 5.41) is 0. The fourth-order valence-corrected chi connectivity index (χ4v) is 2.63. The third-order valence-electron chi connectivity index (χ3n) is 3.55. The number of carbonyl (C=O) groups is 1. The van der Waals surface area contributed by atoms with Crippen LogP contribution >= 0.6 is 13.5 Å². The number of amides is 1. The summed E-state index contributed by atoms with van der Waals surface area (Å²) in [5.74, 6) is 1.13. The summed E-state index contributed by atoms with van der Waals surface area (Å²) < 4.78 is 10.9. The maximum absolute atomic E-state index is 12.1. The molecule has 5 nitrogen and oxygen atoms in total. The molecule has 0 saturated carbocycles. The lowest BCUT2D eigenvalue weighted by atomic mass is 9.99. The van der Waals surface area contributed by atoms with Crippen molar-refractivity contribution in [2.45, 2.75) is 46.1 Å². The van der Waals surface area contributed by atoms with Gasteiger partial charge in [0.25, 0.3) is 0 Å². The van der Waals surface area contributed by atoms with Crippen molar-refractivity contribution in [3.63, 3.8) is 0 Å². The van der Waals surface area contributed by atoms with Crippen LogP contribution in [0.1, 0.15) is 39.7 Å². The van der Waals surface area contributed by atoms with Gasteiger partial charge in [0.1, 0.15) is 5.60 Å². The molecule has 1 aliphatic rings. The minimum Gasteiger partial charge on any atom is -0.478 e. The van der Waals surface area contributed by atoms with Crippen molar-refractivity contribution in [3.8, 4) is 5.88 Å². The summed E-state index contributed by atoms with van der Waals surface area (Å²) in [5.41, 5.74) is 0.765. The highest BCUT2D eigenvalue weighted by Gasteiger charge is 2.29. The molecular weight excluding hydrogens is 312 g/mol. The topological polar surface area (TPSA) is 51.7 Å². The minimum absolute atomic E-state index is 0. The second-order valence-corrected chi connectivity index (χ2v) is 6.72. The highest BCUT2D eigenvalue weighted by Crippen LogP contribution is 2.23. The molecule has 1 saturated heterocycles. The molecule has 0 bridgehead atoms. The number of hydrogen-bond acceptors (Lipinski definition) is 4. The van der Waals surface area contributed by atoms with Crippen molar-refractivity contribution in [3.05, 3.63) is 23.9 Å². The predicted octanol–water partition coefficient (Wildman–Crippen LogP) is 3.39. The smallest absolute Gasteiger partial charge is 0.410 e. The van der Waals surface area contributed by atoms with Crippen molar-refractivity contribution in [1.29, 1.82) is 0 Å². The molecule has 1 fully saturated rings. The van der Waals surface area contributed by atoms with Gasteiger partial charge in [0.2, 0.25) is 5.88 Å². The van der Waals surface area contributed by atoms with Crippen molar-refractivity contribution in [2.24, 2.45) is 5.92 Å². The van der Waals surface area contributed by atoms with Crippen molar-refractivity contribution < 1.29 is 14.3 Å². The van der Waals surface area contributed by atoms with Gasteiger partial charge >= 0.3 is 6.09 Å². The fraction of sp³-hybridized carbons (Fsp3) is 0.647. The first kappa shape index (κ1) is 19.6. The minimum atomic E-state index is -0.438. The van der Waals surface area contributed by atoms with E-state index in [1.807, 2.05) is 39.8 Å². The van der Waals surface area contributed by atoms with Gasteiger partial charge in [-0.05, 0) is 58.1 Å². The van der Waals surface area contributed by atoms with Gasteiger partial charge in [0.05, 0.1) is 6.61 Å². The molecule has 1 aliphatic heterocycles. The molecule has 0 radical (unpaired) electrons. The Labute approximate surface area is 145 Å². The van der Waals surface area contributed by atoms with Crippen LogP contribution in [-0.4, -0.2) is 41.3 Å². The summed E-state index contributed by atoms with van der Waals surface area (Å²) in [4.78, 5) is 18.1. The Balaban J connectivity index is 0.00000264. The molecule has 1 atom stereocenters. The molecule has 1 aromatic heterocycles. The summed E-state index contributed by atoms with van der Waals surface area (Å²) >= 11 is 0. The van der Waals surface area contributed by atoms with Crippen LogP contribution in [0.25, 0.3) is 0 Å². The molecule has 2 heterocycles. The van der Waals surface area contributed by atoms with Gasteiger partial charge in [-0.3, -0.25) is 0 Å². The zero-order valence-electron chi connectivity index (χ0n) is 14.5. The summed E-state index contributed by atoms with van der Waals surface area (Å²) in [6.07, 6.45) is 3.51. The first-order valence-corrected chi connectivity index (χ1v) is 7.93. The van der Waals surface area contributed by atoms with Crippen LogP contribution in [0, 0.1) is 5.92 Å². The van der Waals surface area contributed by atoms with E-state index in [4.69, 9.17) is 9.47 Å². The van der Waals surface area contributed by atoms with E-state index in [1.54, 1.807) is 11.1 Å². The van der Waals surface area contributed by atoms with E-state index in [0.717, 1.165) is 25.9 Å². The van der Waals surface area contributed by atoms with Crippen LogP contribution in [0.5, 0.6) is 5.88 Å². The normalized spacial score (nSPS) is 17.6. The lowest BCUT2D eigenvalue weighted by Gasteiger charge is -2.24. The molecule has 0 aromatic carbocycles. The number of likely N-dealkylation sites (tertiary alicyclic amines) is 1. The van der Waals surface area contributed by atoms with Crippen LogP contribution in [0.3, 0.4) is 0 Å². The summed E-state index contributed by atoms with van der Waals surface area (Å²) in [6.45, 7) is 9.76. The third kappa shape index (κ3) is 6.29. The first-order chi connectivity index (χ1) is 10.4. The van der Waals surface area contributed by atoms with E-state index in [0.29, 0.717) is 18.4 Å². The molecule has 0 spiro atoms. The molecule has 130 valence electrons. The molecule has 0 aliphatic carbocycles. The highest BCUT2D eigenvalue weighted by atomic mass is 32.1. The Morgan fingerprint density at radius 2 is 2.17 bits per heavy atom.